The minimum Gasteiger partial charge on any atom is -0.618 e. The van der Waals surface area contributed by atoms with Gasteiger partial charge in [-0.05, 0) is 30.3 Å². The van der Waals surface area contributed by atoms with E-state index in [0.29, 0.717) is 28.0 Å². The molecule has 132 valence electrons. The maximum absolute atomic E-state index is 13.1. The Balaban J connectivity index is 1.71. The van der Waals surface area contributed by atoms with Crippen molar-refractivity contribution >= 4 is 16.6 Å². The number of para-hydroxylation sites is 2. The van der Waals surface area contributed by atoms with Gasteiger partial charge in [0.05, 0.1) is 0 Å². The maximum atomic E-state index is 13.1. The minimum absolute atomic E-state index is 0.250. The van der Waals surface area contributed by atoms with E-state index in [2.05, 4.69) is 15.1 Å². The van der Waals surface area contributed by atoms with Crippen LogP contribution in [0.2, 0.25) is 0 Å². The normalized spacial score (nSPS) is 11.5. The molecule has 0 fully saturated rings. The molecule has 3 heterocycles. The smallest absolute Gasteiger partial charge is 0.258 e. The number of rotatable bonds is 2. The van der Waals surface area contributed by atoms with E-state index >= 15 is 0 Å². The van der Waals surface area contributed by atoms with Crippen molar-refractivity contribution in [3.05, 3.63) is 71.6 Å². The molecule has 0 radical (unpaired) electrons. The summed E-state index contributed by atoms with van der Waals surface area (Å²) in [6, 6.07) is 13.0. The van der Waals surface area contributed by atoms with Crippen LogP contribution in [-0.4, -0.2) is 19.5 Å². The van der Waals surface area contributed by atoms with Crippen LogP contribution < -0.4 is 4.73 Å². The number of imidazole rings is 1. The second-order valence-electron chi connectivity index (χ2n) is 6.11. The molecule has 27 heavy (non-hydrogen) atoms. The minimum atomic E-state index is -0.346. The Labute approximate surface area is 151 Å². The molecule has 0 N–H and O–H groups in total. The van der Waals surface area contributed by atoms with Crippen molar-refractivity contribution in [2.45, 2.75) is 6.92 Å². The molecule has 0 aliphatic rings. The molecular weight excluding hydrogens is 349 g/mol. The number of benzene rings is 2. The fourth-order valence-corrected chi connectivity index (χ4v) is 3.19. The first-order valence-electron chi connectivity index (χ1n) is 8.21. The summed E-state index contributed by atoms with van der Waals surface area (Å²) in [6.07, 6.45) is 1.63. The highest BCUT2D eigenvalue weighted by Gasteiger charge is 2.23. The summed E-state index contributed by atoms with van der Waals surface area (Å²) in [5.41, 5.74) is 3.41. The Bertz CT molecular complexity index is 1310. The van der Waals surface area contributed by atoms with Crippen LogP contribution in [0.1, 0.15) is 5.69 Å². The number of hydrogen-bond donors (Lipinski definition) is 0. The first-order chi connectivity index (χ1) is 13.1. The first kappa shape index (κ1) is 15.4. The van der Waals surface area contributed by atoms with Crippen molar-refractivity contribution < 1.29 is 13.6 Å². The second-order valence-corrected chi connectivity index (χ2v) is 6.11. The predicted octanol–water partition coefficient (Wildman–Crippen LogP) is 3.29. The van der Waals surface area contributed by atoms with Gasteiger partial charge in [0.25, 0.3) is 5.89 Å². The second kappa shape index (κ2) is 5.60. The molecule has 0 aliphatic heterocycles. The van der Waals surface area contributed by atoms with Crippen LogP contribution in [0, 0.1) is 17.9 Å². The van der Waals surface area contributed by atoms with E-state index < -0.39 is 0 Å². The number of fused-ring (bicyclic) bond motifs is 3. The third-order valence-corrected chi connectivity index (χ3v) is 4.50. The molecule has 8 heteroatoms. The van der Waals surface area contributed by atoms with Gasteiger partial charge >= 0.3 is 0 Å². The first-order valence-corrected chi connectivity index (χ1v) is 8.21. The molecule has 2 aromatic carbocycles. The lowest BCUT2D eigenvalue weighted by atomic mass is 10.2. The largest absolute Gasteiger partial charge is 0.618 e. The summed E-state index contributed by atoms with van der Waals surface area (Å²) in [7, 11) is 0. The van der Waals surface area contributed by atoms with Gasteiger partial charge in [0, 0.05) is 18.6 Å². The van der Waals surface area contributed by atoms with Gasteiger partial charge in [-0.3, -0.25) is 4.40 Å². The summed E-state index contributed by atoms with van der Waals surface area (Å²) in [4.78, 5) is 8.77. The summed E-state index contributed by atoms with van der Waals surface area (Å²) in [6.45, 7) is 1.72. The molecule has 0 saturated carbocycles. The molecule has 0 atom stereocenters. The van der Waals surface area contributed by atoms with Crippen molar-refractivity contribution in [2.24, 2.45) is 0 Å². The highest BCUT2D eigenvalue weighted by Crippen LogP contribution is 2.27. The lowest BCUT2D eigenvalue weighted by molar-refractivity contribution is -0.583. The van der Waals surface area contributed by atoms with E-state index in [1.54, 1.807) is 31.5 Å². The van der Waals surface area contributed by atoms with Gasteiger partial charge in [-0.2, -0.15) is 9.71 Å². The van der Waals surface area contributed by atoms with E-state index in [-0.39, 0.29) is 17.5 Å². The van der Waals surface area contributed by atoms with Gasteiger partial charge in [-0.15, -0.1) is 0 Å². The van der Waals surface area contributed by atoms with Crippen LogP contribution in [-0.2, 0) is 0 Å². The molecule has 5 aromatic rings. The fraction of sp³-hybridized carbons (Fsp3) is 0.0526. The lowest BCUT2D eigenvalue weighted by Crippen LogP contribution is -2.32. The molecule has 0 amide bonds. The van der Waals surface area contributed by atoms with Crippen LogP contribution in [0.4, 0.5) is 4.39 Å². The number of hydrogen-bond acceptors (Lipinski definition) is 5. The molecular formula is C19H12FN5O2. The standard InChI is InChI=1S/C19H12FN5O2/c1-11-17-16(18-22-19(27-23-18)12-6-8-13(20)9-7-12)21-10-24(17)14-4-2-3-5-15(14)25(11)26/h2-10H,1H3. The SMILES string of the molecule is Cc1c2c(-c3noc(-c4ccc(F)cc4)n3)ncn2c2ccccc2[n+]1[O-]. The topological polar surface area (TPSA) is 83.2 Å². The molecule has 3 aromatic heterocycles. The molecule has 0 bridgehead atoms. The quantitative estimate of drug-likeness (QED) is 0.356. The lowest BCUT2D eigenvalue weighted by Gasteiger charge is -2.08. The van der Waals surface area contributed by atoms with Crippen LogP contribution in [0.25, 0.3) is 39.5 Å². The summed E-state index contributed by atoms with van der Waals surface area (Å²) < 4.78 is 21.1. The Kier molecular flexibility index (Phi) is 3.20. The Hall–Kier alpha value is -3.81. The van der Waals surface area contributed by atoms with Crippen molar-refractivity contribution in [3.63, 3.8) is 0 Å². The highest BCUT2D eigenvalue weighted by molar-refractivity contribution is 5.82. The number of aromatic nitrogens is 5. The molecule has 0 aliphatic carbocycles. The van der Waals surface area contributed by atoms with Crippen molar-refractivity contribution in [1.82, 2.24) is 19.5 Å². The number of aryl methyl sites for hydroxylation is 1. The molecule has 7 nitrogen and oxygen atoms in total. The monoisotopic (exact) mass is 361 g/mol. The van der Waals surface area contributed by atoms with Gasteiger partial charge in [-0.25, -0.2) is 9.37 Å². The Morgan fingerprint density at radius 3 is 2.70 bits per heavy atom. The van der Waals surface area contributed by atoms with Gasteiger partial charge in [0.2, 0.25) is 17.0 Å². The van der Waals surface area contributed by atoms with Crippen LogP contribution in [0.15, 0.2) is 59.4 Å². The van der Waals surface area contributed by atoms with Crippen molar-refractivity contribution in [3.8, 4) is 23.0 Å². The van der Waals surface area contributed by atoms with Gasteiger partial charge < -0.3 is 9.73 Å². The van der Waals surface area contributed by atoms with Gasteiger partial charge in [-0.1, -0.05) is 17.3 Å². The van der Waals surface area contributed by atoms with E-state index in [4.69, 9.17) is 4.52 Å². The zero-order valence-electron chi connectivity index (χ0n) is 14.1. The summed E-state index contributed by atoms with van der Waals surface area (Å²) >= 11 is 0. The zero-order valence-corrected chi connectivity index (χ0v) is 14.1. The van der Waals surface area contributed by atoms with Crippen molar-refractivity contribution in [1.29, 1.82) is 0 Å². The number of halogens is 1. The number of nitrogens with zero attached hydrogens (tertiary/aromatic N) is 5. The fourth-order valence-electron chi connectivity index (χ4n) is 3.19. The third-order valence-electron chi connectivity index (χ3n) is 4.50. The maximum Gasteiger partial charge on any atom is 0.258 e. The van der Waals surface area contributed by atoms with Crippen LogP contribution in [0.5, 0.6) is 0 Å². The van der Waals surface area contributed by atoms with E-state index in [0.717, 1.165) is 10.2 Å². The average Bonchev–Trinajstić information content (AvgIpc) is 3.34. The molecule has 0 unspecified atom stereocenters. The summed E-state index contributed by atoms with van der Waals surface area (Å²) in [5, 5.41) is 16.6. The molecule has 5 rings (SSSR count). The van der Waals surface area contributed by atoms with Crippen molar-refractivity contribution in [2.75, 3.05) is 0 Å². The van der Waals surface area contributed by atoms with Crippen LogP contribution >= 0.6 is 0 Å². The highest BCUT2D eigenvalue weighted by atomic mass is 19.1. The third kappa shape index (κ3) is 2.27. The zero-order chi connectivity index (χ0) is 18.5. The predicted molar refractivity (Wildman–Crippen MR) is 95.1 cm³/mol. The van der Waals surface area contributed by atoms with E-state index in [1.807, 2.05) is 22.6 Å². The summed E-state index contributed by atoms with van der Waals surface area (Å²) in [5.74, 6) is 0.163. The Morgan fingerprint density at radius 1 is 1.11 bits per heavy atom. The van der Waals surface area contributed by atoms with Crippen LogP contribution in [0.3, 0.4) is 0 Å². The molecule has 0 saturated heterocycles. The average molecular weight is 361 g/mol. The molecule has 0 spiro atoms. The van der Waals surface area contributed by atoms with E-state index in [9.17, 15) is 9.60 Å². The van der Waals surface area contributed by atoms with Gasteiger partial charge in [0.15, 0.2) is 0 Å². The van der Waals surface area contributed by atoms with E-state index in [1.165, 1.54) is 12.1 Å². The Morgan fingerprint density at radius 2 is 1.89 bits per heavy atom. The van der Waals surface area contributed by atoms with Gasteiger partial charge in [0.1, 0.15) is 28.9 Å².